The van der Waals surface area contributed by atoms with Gasteiger partial charge in [-0.25, -0.2) is 0 Å². The van der Waals surface area contributed by atoms with Crippen molar-refractivity contribution < 1.29 is 0 Å². The second kappa shape index (κ2) is 2.76. The Morgan fingerprint density at radius 3 is 2.36 bits per heavy atom. The van der Waals surface area contributed by atoms with Gasteiger partial charge in [0, 0.05) is 12.1 Å². The van der Waals surface area contributed by atoms with E-state index in [0.717, 1.165) is 0 Å². The molecule has 0 aromatic carbocycles. The topological polar surface area (TPSA) is 15.3 Å². The minimum atomic E-state index is 0.602. The van der Waals surface area contributed by atoms with Crippen LogP contribution < -0.4 is 5.32 Å². The minimum Gasteiger partial charge on any atom is -0.318 e. The summed E-state index contributed by atoms with van der Waals surface area (Å²) in [6.07, 6.45) is 5.69. The number of hydrogen-bond acceptors (Lipinski definition) is 2. The summed E-state index contributed by atoms with van der Waals surface area (Å²) in [5.74, 6) is 0. The van der Waals surface area contributed by atoms with Crippen LogP contribution in [-0.2, 0) is 0 Å². The van der Waals surface area contributed by atoms with E-state index in [0.29, 0.717) is 5.54 Å². The van der Waals surface area contributed by atoms with Crippen molar-refractivity contribution in [2.45, 2.75) is 31.2 Å². The smallest absolute Gasteiger partial charge is 0.0335 e. The van der Waals surface area contributed by atoms with Gasteiger partial charge in [0.25, 0.3) is 0 Å². The third kappa shape index (κ3) is 1.30. The van der Waals surface area contributed by atoms with Crippen molar-refractivity contribution in [2.24, 2.45) is 0 Å². The Bertz CT molecular complexity index is 134. The Labute approximate surface area is 69.0 Å². The van der Waals surface area contributed by atoms with E-state index in [9.17, 15) is 0 Å². The van der Waals surface area contributed by atoms with Gasteiger partial charge in [-0.15, -0.1) is 0 Å². The second-order valence-corrected chi connectivity index (χ2v) is 3.95. The molecule has 0 amide bonds. The van der Waals surface area contributed by atoms with Crippen molar-refractivity contribution in [3.8, 4) is 0 Å². The first-order valence-electron chi connectivity index (χ1n) is 4.77. The highest BCUT2D eigenvalue weighted by Gasteiger charge is 2.47. The Kier molecular flexibility index (Phi) is 1.90. The molecule has 0 aromatic rings. The van der Waals surface area contributed by atoms with E-state index in [-0.39, 0.29) is 0 Å². The van der Waals surface area contributed by atoms with Crippen LogP contribution in [0.3, 0.4) is 0 Å². The molecule has 1 heterocycles. The molecule has 1 aliphatic heterocycles. The van der Waals surface area contributed by atoms with Gasteiger partial charge >= 0.3 is 0 Å². The van der Waals surface area contributed by atoms with Gasteiger partial charge in [-0.05, 0) is 45.8 Å². The van der Waals surface area contributed by atoms with E-state index in [1.807, 2.05) is 0 Å². The van der Waals surface area contributed by atoms with Crippen LogP contribution in [0.5, 0.6) is 0 Å². The Balaban J connectivity index is 1.91. The molecule has 0 bridgehead atoms. The standard InChI is InChI=1S/C9H18N2/c1-10-8-9(4-5-9)11-6-2-3-7-11/h10H,2-8H2,1H3. The summed E-state index contributed by atoms with van der Waals surface area (Å²) in [6.45, 7) is 3.90. The van der Waals surface area contributed by atoms with E-state index >= 15 is 0 Å². The van der Waals surface area contributed by atoms with E-state index < -0.39 is 0 Å². The Hall–Kier alpha value is -0.0800. The van der Waals surface area contributed by atoms with Gasteiger partial charge in [0.15, 0.2) is 0 Å². The highest BCUT2D eigenvalue weighted by Crippen LogP contribution is 2.42. The molecule has 1 N–H and O–H groups in total. The third-order valence-electron chi connectivity index (χ3n) is 3.11. The summed E-state index contributed by atoms with van der Waals surface area (Å²) < 4.78 is 0. The van der Waals surface area contributed by atoms with Gasteiger partial charge in [0.05, 0.1) is 0 Å². The molecule has 2 nitrogen and oxygen atoms in total. The van der Waals surface area contributed by atoms with Crippen molar-refractivity contribution in [3.05, 3.63) is 0 Å². The van der Waals surface area contributed by atoms with Crippen LogP contribution in [0.4, 0.5) is 0 Å². The molecule has 2 fully saturated rings. The molecule has 0 atom stereocenters. The fourth-order valence-electron chi connectivity index (χ4n) is 2.27. The summed E-state index contributed by atoms with van der Waals surface area (Å²) >= 11 is 0. The average Bonchev–Trinajstić information content (AvgIpc) is 2.63. The molecule has 0 spiro atoms. The van der Waals surface area contributed by atoms with E-state index in [1.54, 1.807) is 0 Å². The lowest BCUT2D eigenvalue weighted by Crippen LogP contribution is -2.41. The van der Waals surface area contributed by atoms with Crippen LogP contribution in [0.1, 0.15) is 25.7 Å². The maximum Gasteiger partial charge on any atom is 0.0335 e. The third-order valence-corrected chi connectivity index (χ3v) is 3.11. The number of likely N-dealkylation sites (tertiary alicyclic amines) is 1. The lowest BCUT2D eigenvalue weighted by Gasteiger charge is -2.26. The maximum atomic E-state index is 3.31. The van der Waals surface area contributed by atoms with Gasteiger partial charge < -0.3 is 5.32 Å². The summed E-state index contributed by atoms with van der Waals surface area (Å²) in [6, 6.07) is 0. The molecule has 1 saturated heterocycles. The first kappa shape index (κ1) is 7.56. The largest absolute Gasteiger partial charge is 0.318 e. The first-order valence-corrected chi connectivity index (χ1v) is 4.77. The van der Waals surface area contributed by atoms with Crippen LogP contribution in [-0.4, -0.2) is 37.1 Å². The molecule has 64 valence electrons. The second-order valence-electron chi connectivity index (χ2n) is 3.95. The molecule has 11 heavy (non-hydrogen) atoms. The molecule has 1 saturated carbocycles. The molecule has 0 aromatic heterocycles. The van der Waals surface area contributed by atoms with Crippen LogP contribution in [0.15, 0.2) is 0 Å². The zero-order valence-corrected chi connectivity index (χ0v) is 7.40. The SMILES string of the molecule is CNCC1(N2CCCC2)CC1. The Morgan fingerprint density at radius 2 is 1.91 bits per heavy atom. The van der Waals surface area contributed by atoms with Gasteiger partial charge in [-0.1, -0.05) is 0 Å². The number of rotatable bonds is 3. The molecule has 2 heteroatoms. The zero-order valence-electron chi connectivity index (χ0n) is 7.40. The van der Waals surface area contributed by atoms with Crippen molar-refractivity contribution in [2.75, 3.05) is 26.7 Å². The van der Waals surface area contributed by atoms with Crippen molar-refractivity contribution in [1.29, 1.82) is 0 Å². The lowest BCUT2D eigenvalue weighted by atomic mass is 10.2. The molecular formula is C9H18N2. The molecule has 0 radical (unpaired) electrons. The van der Waals surface area contributed by atoms with Gasteiger partial charge in [0.1, 0.15) is 0 Å². The van der Waals surface area contributed by atoms with Gasteiger partial charge in [0.2, 0.25) is 0 Å². The number of likely N-dealkylation sites (N-methyl/N-ethyl adjacent to an activating group) is 1. The molecular weight excluding hydrogens is 136 g/mol. The predicted molar refractivity (Wildman–Crippen MR) is 46.7 cm³/mol. The predicted octanol–water partition coefficient (Wildman–Crippen LogP) is 0.834. The minimum absolute atomic E-state index is 0.602. The lowest BCUT2D eigenvalue weighted by molar-refractivity contribution is 0.218. The fourth-order valence-corrected chi connectivity index (χ4v) is 2.27. The zero-order chi connectivity index (χ0) is 7.73. The molecule has 0 unspecified atom stereocenters. The van der Waals surface area contributed by atoms with Crippen LogP contribution in [0.2, 0.25) is 0 Å². The van der Waals surface area contributed by atoms with E-state index in [4.69, 9.17) is 0 Å². The Morgan fingerprint density at radius 1 is 1.27 bits per heavy atom. The van der Waals surface area contributed by atoms with Gasteiger partial charge in [-0.3, -0.25) is 4.90 Å². The highest BCUT2D eigenvalue weighted by atomic mass is 15.3. The van der Waals surface area contributed by atoms with Crippen molar-refractivity contribution in [3.63, 3.8) is 0 Å². The first-order chi connectivity index (χ1) is 5.37. The summed E-state index contributed by atoms with van der Waals surface area (Å²) in [5, 5.41) is 3.31. The summed E-state index contributed by atoms with van der Waals surface area (Å²) in [4.78, 5) is 2.68. The van der Waals surface area contributed by atoms with Gasteiger partial charge in [-0.2, -0.15) is 0 Å². The van der Waals surface area contributed by atoms with E-state index in [1.165, 1.54) is 45.3 Å². The number of nitrogens with zero attached hydrogens (tertiary/aromatic N) is 1. The normalized spacial score (nSPS) is 29.2. The number of nitrogens with one attached hydrogen (secondary N) is 1. The van der Waals surface area contributed by atoms with Crippen LogP contribution in [0, 0.1) is 0 Å². The van der Waals surface area contributed by atoms with Crippen molar-refractivity contribution in [1.82, 2.24) is 10.2 Å². The monoisotopic (exact) mass is 154 g/mol. The highest BCUT2D eigenvalue weighted by molar-refractivity contribution is 5.06. The molecule has 1 aliphatic carbocycles. The van der Waals surface area contributed by atoms with E-state index in [2.05, 4.69) is 17.3 Å². The summed E-state index contributed by atoms with van der Waals surface area (Å²) in [7, 11) is 2.07. The summed E-state index contributed by atoms with van der Waals surface area (Å²) in [5.41, 5.74) is 0.602. The van der Waals surface area contributed by atoms with Crippen LogP contribution >= 0.6 is 0 Å². The molecule has 2 aliphatic rings. The maximum absolute atomic E-state index is 3.31. The molecule has 2 rings (SSSR count). The number of hydrogen-bond donors (Lipinski definition) is 1. The fraction of sp³-hybridized carbons (Fsp3) is 1.00. The van der Waals surface area contributed by atoms with Crippen LogP contribution in [0.25, 0.3) is 0 Å². The van der Waals surface area contributed by atoms with Crippen molar-refractivity contribution >= 4 is 0 Å². The average molecular weight is 154 g/mol. The quantitative estimate of drug-likeness (QED) is 0.648.